The molecule has 330 valence electrons. The molecule has 3 saturated heterocycles. The molecule has 16 nitrogen and oxygen atoms in total. The van der Waals surface area contributed by atoms with Gasteiger partial charge in [-0.2, -0.15) is 10.2 Å². The van der Waals surface area contributed by atoms with Gasteiger partial charge in [-0.1, -0.05) is 17.9 Å². The Kier molecular flexibility index (Phi) is 10.9. The molecule has 63 heavy (non-hydrogen) atoms. The molecule has 7 heterocycles. The Bertz CT molecular complexity index is 2700. The predicted octanol–water partition coefficient (Wildman–Crippen LogP) is 4.53. The number of nitrogens with one attached hydrogen (secondary N) is 2. The van der Waals surface area contributed by atoms with Gasteiger partial charge < -0.3 is 15.1 Å². The maximum atomic E-state index is 14.3. The number of imidazole rings is 1. The third kappa shape index (κ3) is 8.12. The molecule has 2 aliphatic carbocycles. The first-order valence-corrected chi connectivity index (χ1v) is 22.3. The molecule has 18 heteroatoms. The lowest BCUT2D eigenvalue weighted by Crippen LogP contribution is -2.48. The first kappa shape index (κ1) is 41.1. The molecule has 0 radical (unpaired) electrons. The second kappa shape index (κ2) is 16.6. The predicted molar refractivity (Wildman–Crippen MR) is 231 cm³/mol. The van der Waals surface area contributed by atoms with E-state index in [0.717, 1.165) is 90.2 Å². The van der Waals surface area contributed by atoms with Gasteiger partial charge in [0.2, 0.25) is 11.8 Å². The number of para-hydroxylation sites is 1. The van der Waals surface area contributed by atoms with Crippen LogP contribution in [-0.2, 0) is 16.6 Å². The number of halogens is 2. The third-order valence-electron chi connectivity index (χ3n) is 14.2. The lowest BCUT2D eigenvalue weighted by molar-refractivity contribution is -0.135. The minimum absolute atomic E-state index is 0.00694. The van der Waals surface area contributed by atoms with Crippen LogP contribution in [0.15, 0.2) is 47.7 Å². The molecule has 1 spiro atoms. The Balaban J connectivity index is 0.714. The summed E-state index contributed by atoms with van der Waals surface area (Å²) in [6.45, 7) is 7.00. The highest BCUT2D eigenvalue weighted by Gasteiger charge is 2.44. The van der Waals surface area contributed by atoms with E-state index in [1.54, 1.807) is 28.6 Å². The molecule has 3 aliphatic heterocycles. The van der Waals surface area contributed by atoms with E-state index in [0.29, 0.717) is 40.1 Å². The molecule has 1 unspecified atom stereocenters. The summed E-state index contributed by atoms with van der Waals surface area (Å²) in [6.07, 6.45) is 10.8. The minimum Gasteiger partial charge on any atom is -0.356 e. The summed E-state index contributed by atoms with van der Waals surface area (Å²) in [5.74, 6) is 6.52. The van der Waals surface area contributed by atoms with Crippen LogP contribution in [0, 0.1) is 23.2 Å². The SMILES string of the molecule is Cn1c(=O)n(C2CCC(=O)NC2=O)c2cccc(C#CCN3CCN(CC4CCC(n5cc(NC(=O)c6cnn7ccc(N8CCC9(CC8)CC9)nc67)c(C(F)F)n5)CC4)CC3)c21. The van der Waals surface area contributed by atoms with E-state index in [1.807, 2.05) is 24.3 Å². The van der Waals surface area contributed by atoms with Crippen LogP contribution in [0.1, 0.15) is 104 Å². The molecule has 10 rings (SSSR count). The number of amides is 3. The molecule has 5 fully saturated rings. The largest absolute Gasteiger partial charge is 0.356 e. The Hall–Kier alpha value is -5.93. The van der Waals surface area contributed by atoms with Crippen molar-refractivity contribution >= 4 is 45.9 Å². The van der Waals surface area contributed by atoms with Crippen molar-refractivity contribution in [3.05, 3.63) is 70.2 Å². The Morgan fingerprint density at radius 1 is 0.968 bits per heavy atom. The highest BCUT2D eigenvalue weighted by Crippen LogP contribution is 2.53. The van der Waals surface area contributed by atoms with Gasteiger partial charge >= 0.3 is 5.69 Å². The summed E-state index contributed by atoms with van der Waals surface area (Å²) in [6, 6.07) is 6.65. The third-order valence-corrected chi connectivity index (χ3v) is 14.2. The monoisotopic (exact) mass is 862 g/mol. The fourth-order valence-electron chi connectivity index (χ4n) is 10.2. The quantitative estimate of drug-likeness (QED) is 0.159. The van der Waals surface area contributed by atoms with E-state index in [-0.39, 0.29) is 41.7 Å². The maximum Gasteiger partial charge on any atom is 0.329 e. The van der Waals surface area contributed by atoms with Crippen LogP contribution < -0.4 is 21.2 Å². The summed E-state index contributed by atoms with van der Waals surface area (Å²) in [4.78, 5) is 63.1. The van der Waals surface area contributed by atoms with Crippen LogP contribution in [0.2, 0.25) is 0 Å². The molecule has 2 N–H and O–H groups in total. The zero-order valence-corrected chi connectivity index (χ0v) is 35.4. The van der Waals surface area contributed by atoms with Gasteiger partial charge in [0.1, 0.15) is 17.4 Å². The van der Waals surface area contributed by atoms with Crippen molar-refractivity contribution in [1.82, 2.24) is 48.6 Å². The van der Waals surface area contributed by atoms with Crippen LogP contribution in [0.3, 0.4) is 0 Å². The van der Waals surface area contributed by atoms with E-state index in [9.17, 15) is 28.0 Å². The summed E-state index contributed by atoms with van der Waals surface area (Å²) >= 11 is 0. The lowest BCUT2D eigenvalue weighted by atomic mass is 9.85. The smallest absolute Gasteiger partial charge is 0.329 e. The molecular weight excluding hydrogens is 811 g/mol. The number of hydrogen-bond acceptors (Lipinski definition) is 10. The van der Waals surface area contributed by atoms with Gasteiger partial charge in [0.15, 0.2) is 11.3 Å². The zero-order chi connectivity index (χ0) is 43.4. The number of carbonyl (C=O) groups is 3. The lowest BCUT2D eigenvalue weighted by Gasteiger charge is -2.37. The Labute approximate surface area is 362 Å². The van der Waals surface area contributed by atoms with E-state index < -0.39 is 30.0 Å². The van der Waals surface area contributed by atoms with Gasteiger partial charge in [-0.25, -0.2) is 23.1 Å². The van der Waals surface area contributed by atoms with E-state index in [1.165, 1.54) is 28.2 Å². The van der Waals surface area contributed by atoms with Gasteiger partial charge in [0, 0.05) is 71.7 Å². The van der Waals surface area contributed by atoms with Gasteiger partial charge in [-0.05, 0) is 87.3 Å². The molecule has 5 aliphatic rings. The fraction of sp³-hybridized carbons (Fsp3) is 0.533. The van der Waals surface area contributed by atoms with Gasteiger partial charge in [0.25, 0.3) is 12.3 Å². The van der Waals surface area contributed by atoms with Crippen LogP contribution in [-0.4, -0.2) is 113 Å². The number of carbonyl (C=O) groups excluding carboxylic acids is 3. The molecule has 1 atom stereocenters. The minimum atomic E-state index is -2.85. The van der Waals surface area contributed by atoms with E-state index in [2.05, 4.69) is 47.4 Å². The second-order valence-corrected chi connectivity index (χ2v) is 18.2. The topological polar surface area (TPSA) is 160 Å². The first-order valence-electron chi connectivity index (χ1n) is 22.3. The number of piperidine rings is 2. The molecule has 1 aromatic carbocycles. The summed E-state index contributed by atoms with van der Waals surface area (Å²) in [5, 5.41) is 13.7. The number of anilines is 2. The molecule has 5 aromatic rings. The van der Waals surface area contributed by atoms with Gasteiger partial charge in [0.05, 0.1) is 41.1 Å². The number of fused-ring (bicyclic) bond motifs is 2. The van der Waals surface area contributed by atoms with Crippen molar-refractivity contribution in [3.63, 3.8) is 0 Å². The number of aromatic nitrogens is 7. The number of imide groups is 1. The van der Waals surface area contributed by atoms with Crippen molar-refractivity contribution in [2.75, 3.05) is 62.6 Å². The Morgan fingerprint density at radius 2 is 1.73 bits per heavy atom. The average molecular weight is 863 g/mol. The van der Waals surface area contributed by atoms with Crippen LogP contribution >= 0.6 is 0 Å². The van der Waals surface area contributed by atoms with E-state index in [4.69, 9.17) is 4.98 Å². The number of alkyl halides is 2. The number of benzene rings is 1. The van der Waals surface area contributed by atoms with E-state index >= 15 is 0 Å². The van der Waals surface area contributed by atoms with Crippen LogP contribution in [0.4, 0.5) is 20.3 Å². The van der Waals surface area contributed by atoms with Gasteiger partial charge in [-0.3, -0.25) is 38.4 Å². The fourth-order valence-corrected chi connectivity index (χ4v) is 10.2. The number of piperazine rings is 1. The molecule has 3 amide bonds. The molecule has 0 bridgehead atoms. The number of aryl methyl sites for hydroxylation is 1. The zero-order valence-electron chi connectivity index (χ0n) is 35.4. The number of rotatable bonds is 9. The van der Waals surface area contributed by atoms with Crippen molar-refractivity contribution in [1.29, 1.82) is 0 Å². The molecule has 2 saturated carbocycles. The summed E-state index contributed by atoms with van der Waals surface area (Å²) in [7, 11) is 1.68. The second-order valence-electron chi connectivity index (χ2n) is 18.2. The van der Waals surface area contributed by atoms with Crippen molar-refractivity contribution in [2.45, 2.75) is 82.7 Å². The van der Waals surface area contributed by atoms with Crippen LogP contribution in [0.5, 0.6) is 0 Å². The summed E-state index contributed by atoms with van der Waals surface area (Å²) < 4.78 is 34.8. The Morgan fingerprint density at radius 3 is 2.46 bits per heavy atom. The van der Waals surface area contributed by atoms with Crippen molar-refractivity contribution < 1.29 is 23.2 Å². The molecule has 4 aromatic heterocycles. The first-order chi connectivity index (χ1) is 30.5. The van der Waals surface area contributed by atoms with Crippen molar-refractivity contribution in [3.8, 4) is 11.8 Å². The number of nitrogens with zero attached hydrogens (tertiary/aromatic N) is 10. The standard InChI is InChI=1S/C45H52F2N12O4/c1-53-39-30(4-2-6-34(39)59(44(53)63)35-11-12-37(60)51-43(35)62)5-3-18-54-22-24-55(25-23-54)27-29-7-9-31(10-8-29)58-28-33(38(52-58)40(46)47)49-42(61)32-26-48-57-19-13-36(50-41(32)57)56-20-16-45(14-15-45)17-21-56/h2,4,6,13,19,26,28-29,31,35,40H,7-12,14-18,20-25,27H2,1H3,(H,49,61)(H,51,60,62). The van der Waals surface area contributed by atoms with Crippen molar-refractivity contribution in [2.24, 2.45) is 18.4 Å². The highest BCUT2D eigenvalue weighted by atomic mass is 19.3. The summed E-state index contributed by atoms with van der Waals surface area (Å²) in [5.41, 5.74) is 2.38. The van der Waals surface area contributed by atoms with Crippen LogP contribution in [0.25, 0.3) is 16.7 Å². The normalized spacial score (nSPS) is 23.0. The van der Waals surface area contributed by atoms with Gasteiger partial charge in [-0.15, -0.1) is 0 Å². The highest BCUT2D eigenvalue weighted by molar-refractivity contribution is 6.08. The average Bonchev–Trinajstić information content (AvgIpc) is 3.57. The number of hydrogen-bond donors (Lipinski definition) is 2. The maximum absolute atomic E-state index is 14.3. The molecular formula is C45H52F2N12O4.